The minimum Gasteiger partial charge on any atom is -0.465 e. The van der Waals surface area contributed by atoms with Crippen molar-refractivity contribution in [3.05, 3.63) is 64.7 Å². The smallest absolute Gasteiger partial charge is 0.416 e. The Morgan fingerprint density at radius 3 is 2.33 bits per heavy atom. The lowest BCUT2D eigenvalue weighted by Gasteiger charge is -2.28. The van der Waals surface area contributed by atoms with Gasteiger partial charge in [-0.05, 0) is 53.9 Å². The van der Waals surface area contributed by atoms with Gasteiger partial charge in [-0.25, -0.2) is 13.2 Å². The maximum Gasteiger partial charge on any atom is 0.416 e. The number of hydrogen-bond acceptors (Lipinski definition) is 4. The molecule has 5 nitrogen and oxygen atoms in total. The number of fused-ring (bicyclic) bond motifs is 1. The molecule has 0 aliphatic carbocycles. The van der Waals surface area contributed by atoms with E-state index < -0.39 is 27.7 Å². The molecule has 0 aromatic heterocycles. The second-order valence-corrected chi connectivity index (χ2v) is 8.02. The average Bonchev–Trinajstić information content (AvgIpc) is 2.65. The molecule has 0 N–H and O–H groups in total. The van der Waals surface area contributed by atoms with Crippen molar-refractivity contribution in [3.63, 3.8) is 0 Å². The van der Waals surface area contributed by atoms with E-state index in [2.05, 4.69) is 4.74 Å². The Hall–Kier alpha value is -2.39. The lowest BCUT2D eigenvalue weighted by Crippen LogP contribution is -2.36. The van der Waals surface area contributed by atoms with Gasteiger partial charge in [-0.15, -0.1) is 0 Å². The molecule has 0 radical (unpaired) electrons. The molecule has 2 aromatic rings. The Labute approximate surface area is 154 Å². The van der Waals surface area contributed by atoms with Crippen LogP contribution in [0.5, 0.6) is 0 Å². The van der Waals surface area contributed by atoms with Crippen molar-refractivity contribution < 1.29 is 31.1 Å². The quantitative estimate of drug-likeness (QED) is 0.744. The van der Waals surface area contributed by atoms with Crippen molar-refractivity contribution >= 4 is 16.0 Å². The molecule has 27 heavy (non-hydrogen) atoms. The normalized spacial score (nSPS) is 15.3. The summed E-state index contributed by atoms with van der Waals surface area (Å²) in [5.41, 5.74) is 1.07. The van der Waals surface area contributed by atoms with Crippen LogP contribution < -0.4 is 0 Å². The molecule has 0 unspecified atom stereocenters. The third-order valence-corrected chi connectivity index (χ3v) is 6.28. The summed E-state index contributed by atoms with van der Waals surface area (Å²) in [6.07, 6.45) is -4.14. The van der Waals surface area contributed by atoms with Gasteiger partial charge in [-0.1, -0.05) is 6.07 Å². The lowest BCUT2D eigenvalue weighted by atomic mass is 9.98. The van der Waals surface area contributed by atoms with Gasteiger partial charge in [0.25, 0.3) is 0 Å². The molecule has 0 amide bonds. The van der Waals surface area contributed by atoms with Crippen molar-refractivity contribution in [1.29, 1.82) is 0 Å². The number of nitrogens with zero attached hydrogens (tertiary/aromatic N) is 1. The molecule has 0 spiro atoms. The molecule has 1 aliphatic heterocycles. The topological polar surface area (TPSA) is 63.7 Å². The Morgan fingerprint density at radius 2 is 1.74 bits per heavy atom. The van der Waals surface area contributed by atoms with Crippen molar-refractivity contribution in [2.75, 3.05) is 13.7 Å². The van der Waals surface area contributed by atoms with Crippen LogP contribution in [-0.4, -0.2) is 32.3 Å². The van der Waals surface area contributed by atoms with Gasteiger partial charge >= 0.3 is 12.1 Å². The molecule has 1 aliphatic rings. The predicted octanol–water partition coefficient (Wildman–Crippen LogP) is 3.24. The van der Waals surface area contributed by atoms with Gasteiger partial charge in [0.05, 0.1) is 23.1 Å². The molecule has 0 saturated carbocycles. The number of alkyl halides is 3. The van der Waals surface area contributed by atoms with E-state index in [9.17, 15) is 26.4 Å². The summed E-state index contributed by atoms with van der Waals surface area (Å²) in [5.74, 6) is -0.474. The minimum absolute atomic E-state index is 0.0835. The maximum absolute atomic E-state index is 12.8. The van der Waals surface area contributed by atoms with Crippen molar-refractivity contribution in [3.8, 4) is 0 Å². The molecule has 0 bridgehead atoms. The number of rotatable bonds is 3. The Balaban J connectivity index is 1.84. The van der Waals surface area contributed by atoms with Crippen LogP contribution in [0.15, 0.2) is 47.4 Å². The van der Waals surface area contributed by atoms with E-state index >= 15 is 0 Å². The fraction of sp³-hybridized carbons (Fsp3) is 0.278. The summed E-state index contributed by atoms with van der Waals surface area (Å²) < 4.78 is 69.4. The molecule has 2 aromatic carbocycles. The zero-order valence-corrected chi connectivity index (χ0v) is 15.1. The Bertz CT molecular complexity index is 969. The molecule has 1 heterocycles. The van der Waals surface area contributed by atoms with Crippen LogP contribution in [-0.2, 0) is 33.9 Å². The van der Waals surface area contributed by atoms with E-state index in [1.807, 2.05) is 0 Å². The zero-order valence-electron chi connectivity index (χ0n) is 14.3. The van der Waals surface area contributed by atoms with Gasteiger partial charge in [0.2, 0.25) is 10.0 Å². The Morgan fingerprint density at radius 1 is 1.07 bits per heavy atom. The highest BCUT2D eigenvalue weighted by molar-refractivity contribution is 7.89. The molecular formula is C18H16F3NO4S. The Kier molecular flexibility index (Phi) is 5.00. The van der Waals surface area contributed by atoms with Crippen molar-refractivity contribution in [2.45, 2.75) is 24.0 Å². The van der Waals surface area contributed by atoms with Crippen molar-refractivity contribution in [1.82, 2.24) is 4.31 Å². The summed E-state index contributed by atoms with van der Waals surface area (Å²) in [7, 11) is -2.65. The third-order valence-electron chi connectivity index (χ3n) is 4.42. The second kappa shape index (κ2) is 6.97. The van der Waals surface area contributed by atoms with Crippen LogP contribution >= 0.6 is 0 Å². The summed E-state index contributed by atoms with van der Waals surface area (Å²) >= 11 is 0. The molecule has 0 saturated heterocycles. The van der Waals surface area contributed by atoms with Gasteiger partial charge < -0.3 is 4.74 Å². The summed E-state index contributed by atoms with van der Waals surface area (Å²) in [4.78, 5) is 11.4. The second-order valence-electron chi connectivity index (χ2n) is 6.09. The monoisotopic (exact) mass is 399 g/mol. The summed E-state index contributed by atoms with van der Waals surface area (Å²) in [6, 6.07) is 8.33. The van der Waals surface area contributed by atoms with E-state index in [-0.39, 0.29) is 18.0 Å². The first-order chi connectivity index (χ1) is 12.6. The zero-order chi connectivity index (χ0) is 19.8. The highest BCUT2D eigenvalue weighted by Gasteiger charge is 2.32. The number of benzene rings is 2. The van der Waals surface area contributed by atoms with Gasteiger partial charge in [-0.2, -0.15) is 17.5 Å². The number of sulfonamides is 1. The van der Waals surface area contributed by atoms with Gasteiger partial charge in [0.1, 0.15) is 0 Å². The number of halogens is 3. The van der Waals surface area contributed by atoms with Gasteiger partial charge in [0.15, 0.2) is 0 Å². The van der Waals surface area contributed by atoms with E-state index in [1.54, 1.807) is 18.2 Å². The van der Waals surface area contributed by atoms with Gasteiger partial charge in [0, 0.05) is 13.1 Å². The SMILES string of the molecule is COC(=O)c1ccc2c(c1)CCN(S(=O)(=O)c1ccc(C(F)(F)F)cc1)C2. The summed E-state index contributed by atoms with van der Waals surface area (Å²) in [5, 5.41) is 0. The molecule has 9 heteroatoms. The predicted molar refractivity (Wildman–Crippen MR) is 90.5 cm³/mol. The van der Waals surface area contributed by atoms with E-state index in [0.29, 0.717) is 12.0 Å². The first-order valence-corrected chi connectivity index (χ1v) is 9.44. The molecule has 0 fully saturated rings. The average molecular weight is 399 g/mol. The van der Waals surface area contributed by atoms with E-state index in [0.717, 1.165) is 35.4 Å². The van der Waals surface area contributed by atoms with Gasteiger partial charge in [-0.3, -0.25) is 0 Å². The van der Waals surface area contributed by atoms with Crippen LogP contribution in [0.2, 0.25) is 0 Å². The van der Waals surface area contributed by atoms with Crippen LogP contribution in [0.25, 0.3) is 0 Å². The number of carbonyl (C=O) groups is 1. The first-order valence-electron chi connectivity index (χ1n) is 8.00. The fourth-order valence-corrected chi connectivity index (χ4v) is 4.36. The molecule has 3 rings (SSSR count). The van der Waals surface area contributed by atoms with Crippen LogP contribution in [0, 0.1) is 0 Å². The number of ether oxygens (including phenoxy) is 1. The summed E-state index contributed by atoms with van der Waals surface area (Å²) in [6.45, 7) is 0.251. The van der Waals surface area contributed by atoms with Crippen LogP contribution in [0.3, 0.4) is 0 Å². The first kappa shape index (κ1) is 19.4. The number of esters is 1. The molecule has 0 atom stereocenters. The van der Waals surface area contributed by atoms with Crippen LogP contribution in [0.4, 0.5) is 13.2 Å². The van der Waals surface area contributed by atoms with E-state index in [1.165, 1.54) is 11.4 Å². The fourth-order valence-electron chi connectivity index (χ4n) is 2.94. The van der Waals surface area contributed by atoms with Crippen LogP contribution in [0.1, 0.15) is 27.0 Å². The number of hydrogen-bond donors (Lipinski definition) is 0. The maximum atomic E-state index is 12.8. The lowest BCUT2D eigenvalue weighted by molar-refractivity contribution is -0.137. The highest BCUT2D eigenvalue weighted by Crippen LogP contribution is 2.31. The highest BCUT2D eigenvalue weighted by atomic mass is 32.2. The molecule has 144 valence electrons. The third kappa shape index (κ3) is 3.84. The number of carbonyl (C=O) groups excluding carboxylic acids is 1. The van der Waals surface area contributed by atoms with E-state index in [4.69, 9.17) is 0 Å². The number of methoxy groups -OCH3 is 1. The largest absolute Gasteiger partial charge is 0.465 e. The standard InChI is InChI=1S/C18H16F3NO4S/c1-26-17(23)13-2-3-14-11-22(9-8-12(14)10-13)27(24,25)16-6-4-15(5-7-16)18(19,20)21/h2-7,10H,8-9,11H2,1H3. The van der Waals surface area contributed by atoms with Crippen molar-refractivity contribution in [2.24, 2.45) is 0 Å². The molecular weight excluding hydrogens is 383 g/mol. The minimum atomic E-state index is -4.52.